The topological polar surface area (TPSA) is 50.7 Å². The number of hydrogen-bond donors (Lipinski definition) is 1. The molecular weight excluding hydrogens is 295 g/mol. The van der Waals surface area contributed by atoms with Gasteiger partial charge in [0.25, 0.3) is 5.91 Å². The number of carbonyl (C=O) groups excluding carboxylic acids is 1. The summed E-state index contributed by atoms with van der Waals surface area (Å²) >= 11 is 0. The largest absolute Gasteiger partial charge is 0.382 e. The number of carbonyl (C=O) groups is 1. The summed E-state index contributed by atoms with van der Waals surface area (Å²) in [5.41, 5.74) is 2.44. The van der Waals surface area contributed by atoms with Gasteiger partial charge in [0, 0.05) is 6.42 Å². The minimum absolute atomic E-state index is 0.109. The van der Waals surface area contributed by atoms with Crippen molar-refractivity contribution in [3.05, 3.63) is 71.5 Å². The number of rotatable bonds is 4. The second kappa shape index (κ2) is 6.60. The average Bonchev–Trinajstić information content (AvgIpc) is 3.06. The van der Waals surface area contributed by atoms with Gasteiger partial charge in [-0.15, -0.1) is 0 Å². The van der Waals surface area contributed by atoms with Crippen molar-refractivity contribution in [1.29, 1.82) is 0 Å². The van der Waals surface area contributed by atoms with Crippen LogP contribution in [0.25, 0.3) is 0 Å². The van der Waals surface area contributed by atoms with E-state index in [0.717, 1.165) is 11.1 Å². The van der Waals surface area contributed by atoms with Gasteiger partial charge in [0.05, 0.1) is 11.8 Å². The lowest BCUT2D eigenvalue weighted by Gasteiger charge is -2.16. The molecule has 0 fully saturated rings. The zero-order chi connectivity index (χ0) is 16.2. The molecule has 118 valence electrons. The number of halogens is 1. The van der Waals surface area contributed by atoms with Gasteiger partial charge in [-0.05, 0) is 30.2 Å². The fourth-order valence-corrected chi connectivity index (χ4v) is 2.46. The molecule has 0 aromatic heterocycles. The van der Waals surface area contributed by atoms with Crippen molar-refractivity contribution < 1.29 is 14.0 Å². The molecule has 2 aromatic rings. The normalized spacial score (nSPS) is 18.0. The quantitative estimate of drug-likeness (QED) is 0.942. The SMILES string of the molecule is C[C@@H](NC(=O)[C@@H]1CC(c2ccc(F)cc2)=NO1)c1ccccc1. The van der Waals surface area contributed by atoms with Crippen molar-refractivity contribution in [1.82, 2.24) is 5.32 Å². The first kappa shape index (κ1) is 15.2. The van der Waals surface area contributed by atoms with Crippen LogP contribution >= 0.6 is 0 Å². The summed E-state index contributed by atoms with van der Waals surface area (Å²) in [6.45, 7) is 1.92. The number of nitrogens with zero attached hydrogens (tertiary/aromatic N) is 1. The summed E-state index contributed by atoms with van der Waals surface area (Å²) in [6, 6.07) is 15.6. The lowest BCUT2D eigenvalue weighted by molar-refractivity contribution is -0.131. The monoisotopic (exact) mass is 312 g/mol. The van der Waals surface area contributed by atoms with Crippen molar-refractivity contribution in [3.63, 3.8) is 0 Å². The molecule has 1 N–H and O–H groups in total. The van der Waals surface area contributed by atoms with Crippen LogP contribution in [0.3, 0.4) is 0 Å². The van der Waals surface area contributed by atoms with Crippen LogP contribution in [-0.2, 0) is 9.63 Å². The molecule has 2 atom stereocenters. The number of benzene rings is 2. The van der Waals surface area contributed by atoms with Crippen molar-refractivity contribution in [2.75, 3.05) is 0 Å². The highest BCUT2D eigenvalue weighted by atomic mass is 19.1. The number of hydrogen-bond acceptors (Lipinski definition) is 3. The fourth-order valence-electron chi connectivity index (χ4n) is 2.46. The molecule has 5 heteroatoms. The van der Waals surface area contributed by atoms with Crippen LogP contribution in [0.2, 0.25) is 0 Å². The third-order valence-corrected chi connectivity index (χ3v) is 3.80. The highest BCUT2D eigenvalue weighted by Gasteiger charge is 2.29. The molecule has 0 saturated heterocycles. The predicted molar refractivity (Wildman–Crippen MR) is 85.4 cm³/mol. The van der Waals surface area contributed by atoms with Crippen molar-refractivity contribution in [2.24, 2.45) is 5.16 Å². The standard InChI is InChI=1S/C18H17FN2O2/c1-12(13-5-3-2-4-6-13)20-18(22)17-11-16(21-23-17)14-7-9-15(19)10-8-14/h2-10,12,17H,11H2,1H3,(H,20,22)/t12-,17+/m1/s1. The van der Waals surface area contributed by atoms with Crippen molar-refractivity contribution >= 4 is 11.6 Å². The first-order valence-electron chi connectivity index (χ1n) is 7.47. The minimum atomic E-state index is -0.652. The second-order valence-corrected chi connectivity index (χ2v) is 5.48. The molecule has 0 bridgehead atoms. The van der Waals surface area contributed by atoms with E-state index in [1.54, 1.807) is 12.1 Å². The Morgan fingerprint density at radius 3 is 2.61 bits per heavy atom. The van der Waals surface area contributed by atoms with Crippen LogP contribution in [0.5, 0.6) is 0 Å². The Bertz CT molecular complexity index is 714. The number of amides is 1. The third-order valence-electron chi connectivity index (χ3n) is 3.80. The Labute approximate surface area is 134 Å². The zero-order valence-corrected chi connectivity index (χ0v) is 12.7. The maximum Gasteiger partial charge on any atom is 0.264 e. The maximum absolute atomic E-state index is 12.9. The lowest BCUT2D eigenvalue weighted by atomic mass is 10.0. The van der Waals surface area contributed by atoms with E-state index < -0.39 is 6.10 Å². The first-order chi connectivity index (χ1) is 11.1. The maximum atomic E-state index is 12.9. The third kappa shape index (κ3) is 3.56. The smallest absolute Gasteiger partial charge is 0.264 e. The molecule has 1 aliphatic rings. The van der Waals surface area contributed by atoms with Gasteiger partial charge >= 0.3 is 0 Å². The van der Waals surface area contributed by atoms with Gasteiger partial charge in [0.2, 0.25) is 6.10 Å². The Morgan fingerprint density at radius 1 is 1.22 bits per heavy atom. The van der Waals surface area contributed by atoms with E-state index in [0.29, 0.717) is 12.1 Å². The Morgan fingerprint density at radius 2 is 1.91 bits per heavy atom. The van der Waals surface area contributed by atoms with E-state index in [-0.39, 0.29) is 17.8 Å². The summed E-state index contributed by atoms with van der Waals surface area (Å²) in [7, 11) is 0. The molecule has 0 radical (unpaired) electrons. The molecule has 3 rings (SSSR count). The van der Waals surface area contributed by atoms with Gasteiger partial charge in [0.1, 0.15) is 5.82 Å². The summed E-state index contributed by atoms with van der Waals surface area (Å²) in [5, 5.41) is 6.87. The molecule has 0 unspecified atom stereocenters. The second-order valence-electron chi connectivity index (χ2n) is 5.48. The highest BCUT2D eigenvalue weighted by molar-refractivity contribution is 6.04. The minimum Gasteiger partial charge on any atom is -0.382 e. The van der Waals surface area contributed by atoms with E-state index in [1.807, 2.05) is 37.3 Å². The van der Waals surface area contributed by atoms with E-state index >= 15 is 0 Å². The number of oxime groups is 1. The molecule has 0 spiro atoms. The molecule has 0 saturated carbocycles. The average molecular weight is 312 g/mol. The van der Waals surface area contributed by atoms with Gasteiger partial charge < -0.3 is 10.2 Å². The van der Waals surface area contributed by atoms with Gasteiger partial charge in [0.15, 0.2) is 0 Å². The predicted octanol–water partition coefficient (Wildman–Crippen LogP) is 3.20. The van der Waals surface area contributed by atoms with Crippen LogP contribution in [-0.4, -0.2) is 17.7 Å². The van der Waals surface area contributed by atoms with Gasteiger partial charge in [-0.3, -0.25) is 4.79 Å². The molecule has 23 heavy (non-hydrogen) atoms. The fraction of sp³-hybridized carbons (Fsp3) is 0.222. The molecule has 2 aromatic carbocycles. The molecule has 0 aliphatic carbocycles. The molecule has 1 aliphatic heterocycles. The molecule has 4 nitrogen and oxygen atoms in total. The van der Waals surface area contributed by atoms with Crippen LogP contribution in [0.15, 0.2) is 59.8 Å². The summed E-state index contributed by atoms with van der Waals surface area (Å²) in [6.07, 6.45) is -0.278. The van der Waals surface area contributed by atoms with E-state index in [1.165, 1.54) is 12.1 Å². The van der Waals surface area contributed by atoms with Crippen LogP contribution in [0.1, 0.15) is 30.5 Å². The zero-order valence-electron chi connectivity index (χ0n) is 12.7. The summed E-state index contributed by atoms with van der Waals surface area (Å²) < 4.78 is 12.9. The summed E-state index contributed by atoms with van der Waals surface area (Å²) in [4.78, 5) is 17.5. The summed E-state index contributed by atoms with van der Waals surface area (Å²) in [5.74, 6) is -0.513. The van der Waals surface area contributed by atoms with E-state index in [4.69, 9.17) is 4.84 Å². The van der Waals surface area contributed by atoms with Gasteiger partial charge in [-0.25, -0.2) is 4.39 Å². The van der Waals surface area contributed by atoms with Crippen molar-refractivity contribution in [2.45, 2.75) is 25.5 Å². The molecule has 1 amide bonds. The molecular formula is C18H17FN2O2. The number of nitrogens with one attached hydrogen (secondary N) is 1. The highest BCUT2D eigenvalue weighted by Crippen LogP contribution is 2.19. The van der Waals surface area contributed by atoms with E-state index in [9.17, 15) is 9.18 Å². The van der Waals surface area contributed by atoms with Crippen LogP contribution in [0, 0.1) is 5.82 Å². The van der Waals surface area contributed by atoms with Crippen molar-refractivity contribution in [3.8, 4) is 0 Å². The molecule has 1 heterocycles. The first-order valence-corrected chi connectivity index (χ1v) is 7.47. The van der Waals surface area contributed by atoms with Gasteiger partial charge in [-0.1, -0.05) is 47.6 Å². The Hall–Kier alpha value is -2.69. The van der Waals surface area contributed by atoms with Crippen LogP contribution in [0.4, 0.5) is 4.39 Å². The lowest BCUT2D eigenvalue weighted by Crippen LogP contribution is -2.36. The van der Waals surface area contributed by atoms with E-state index in [2.05, 4.69) is 10.5 Å². The van der Waals surface area contributed by atoms with Crippen LogP contribution < -0.4 is 5.32 Å². The Balaban J connectivity index is 1.59. The van der Waals surface area contributed by atoms with Gasteiger partial charge in [-0.2, -0.15) is 0 Å². The Kier molecular flexibility index (Phi) is 4.37.